The smallest absolute Gasteiger partial charge is 0.302 e. The Morgan fingerprint density at radius 2 is 1.83 bits per heavy atom. The Labute approximate surface area is 178 Å². The Hall–Kier alpha value is -2.17. The van der Waals surface area contributed by atoms with Gasteiger partial charge in [-0.25, -0.2) is 0 Å². The summed E-state index contributed by atoms with van der Waals surface area (Å²) in [5.74, 6) is 1.02. The lowest BCUT2D eigenvalue weighted by Gasteiger charge is -2.56. The molecule has 7 atom stereocenters. The Morgan fingerprint density at radius 3 is 2.50 bits per heavy atom. The number of azide groups is 2. The van der Waals surface area contributed by atoms with E-state index in [0.717, 1.165) is 38.5 Å². The monoisotopic (exact) mass is 414 g/mol. The van der Waals surface area contributed by atoms with Gasteiger partial charge in [0.25, 0.3) is 0 Å². The highest BCUT2D eigenvalue weighted by Crippen LogP contribution is 2.63. The van der Waals surface area contributed by atoms with Gasteiger partial charge in [-0.2, -0.15) is 0 Å². The fourth-order valence-corrected chi connectivity index (χ4v) is 7.03. The van der Waals surface area contributed by atoms with Crippen LogP contribution in [0.5, 0.6) is 0 Å². The second-order valence-corrected chi connectivity index (χ2v) is 10.0. The largest absolute Gasteiger partial charge is 0.463 e. The second kappa shape index (κ2) is 8.91. The summed E-state index contributed by atoms with van der Waals surface area (Å²) in [5.41, 5.74) is 19.4. The van der Waals surface area contributed by atoms with Gasteiger partial charge in [-0.05, 0) is 90.5 Å². The van der Waals surface area contributed by atoms with Gasteiger partial charge in [0.2, 0.25) is 0 Å². The summed E-state index contributed by atoms with van der Waals surface area (Å²) >= 11 is 0. The normalized spacial score (nSPS) is 40.6. The van der Waals surface area contributed by atoms with Crippen LogP contribution in [0.4, 0.5) is 0 Å². The zero-order valence-corrected chi connectivity index (χ0v) is 18.5. The van der Waals surface area contributed by atoms with Gasteiger partial charge in [0.1, 0.15) is 6.10 Å². The van der Waals surface area contributed by atoms with E-state index in [1.54, 1.807) is 0 Å². The summed E-state index contributed by atoms with van der Waals surface area (Å²) in [6.07, 6.45) is 6.64. The molecule has 0 aromatic heterocycles. The van der Waals surface area contributed by atoms with Crippen molar-refractivity contribution in [2.75, 3.05) is 13.1 Å². The minimum absolute atomic E-state index is 0.0499. The maximum Gasteiger partial charge on any atom is 0.302 e. The van der Waals surface area contributed by atoms with Crippen molar-refractivity contribution >= 4 is 5.97 Å². The lowest BCUT2D eigenvalue weighted by molar-refractivity contribution is -0.153. The maximum atomic E-state index is 11.5. The van der Waals surface area contributed by atoms with Crippen LogP contribution in [-0.4, -0.2) is 25.2 Å². The first-order valence-corrected chi connectivity index (χ1v) is 11.1. The van der Waals surface area contributed by atoms with Crippen molar-refractivity contribution in [1.82, 2.24) is 0 Å². The zero-order valence-electron chi connectivity index (χ0n) is 18.5. The summed E-state index contributed by atoms with van der Waals surface area (Å²) in [6.45, 7) is 11.4. The van der Waals surface area contributed by atoms with Gasteiger partial charge in [0, 0.05) is 29.8 Å². The molecule has 8 nitrogen and oxygen atoms in total. The standard InChI is InChI=1S/C22H34N6O2/c1-14-5-6-19-18(13-26-28-24)20(8-10-21(14,19)3)22(4)9-7-17(30-15(2)29)11-16(22)12-25-27-23/h16-20H,1,5-13H2,2-4H3/t16?,17?,18-,19-,20-,21+,22?/m0/s1. The molecular weight excluding hydrogens is 380 g/mol. The number of carbonyl (C=O) groups is 1. The van der Waals surface area contributed by atoms with E-state index in [9.17, 15) is 4.79 Å². The van der Waals surface area contributed by atoms with Gasteiger partial charge in [-0.1, -0.05) is 36.2 Å². The number of allylic oxidation sites excluding steroid dienone is 1. The summed E-state index contributed by atoms with van der Waals surface area (Å²) < 4.78 is 5.52. The molecule has 3 aliphatic carbocycles. The van der Waals surface area contributed by atoms with E-state index in [1.165, 1.54) is 12.5 Å². The van der Waals surface area contributed by atoms with E-state index in [1.807, 2.05) is 0 Å². The van der Waals surface area contributed by atoms with Crippen LogP contribution in [0.15, 0.2) is 22.4 Å². The van der Waals surface area contributed by atoms with Crippen molar-refractivity contribution in [3.05, 3.63) is 33.0 Å². The minimum atomic E-state index is -0.259. The van der Waals surface area contributed by atoms with Crippen molar-refractivity contribution in [2.45, 2.75) is 71.8 Å². The fourth-order valence-electron chi connectivity index (χ4n) is 7.03. The Bertz CT molecular complexity index is 786. The molecule has 0 amide bonds. The second-order valence-electron chi connectivity index (χ2n) is 10.0. The summed E-state index contributed by atoms with van der Waals surface area (Å²) in [7, 11) is 0. The van der Waals surface area contributed by atoms with Crippen LogP contribution in [0.2, 0.25) is 0 Å². The number of rotatable bonds is 6. The molecule has 3 aliphatic rings. The van der Waals surface area contributed by atoms with Gasteiger partial charge in [0.05, 0.1) is 0 Å². The van der Waals surface area contributed by atoms with Crippen molar-refractivity contribution in [3.63, 3.8) is 0 Å². The minimum Gasteiger partial charge on any atom is -0.463 e. The van der Waals surface area contributed by atoms with Crippen LogP contribution in [-0.2, 0) is 9.53 Å². The molecule has 0 spiro atoms. The van der Waals surface area contributed by atoms with Crippen LogP contribution < -0.4 is 0 Å². The van der Waals surface area contributed by atoms with E-state index in [2.05, 4.69) is 40.5 Å². The molecule has 0 aromatic rings. The molecule has 0 N–H and O–H groups in total. The number of nitrogens with zero attached hydrogens (tertiary/aromatic N) is 6. The van der Waals surface area contributed by atoms with Gasteiger partial charge in [-0.15, -0.1) is 0 Å². The predicted molar refractivity (Wildman–Crippen MR) is 115 cm³/mol. The Morgan fingerprint density at radius 1 is 1.13 bits per heavy atom. The molecule has 30 heavy (non-hydrogen) atoms. The first kappa shape index (κ1) is 22.5. The molecule has 3 rings (SSSR count). The molecule has 3 saturated carbocycles. The molecule has 0 aromatic carbocycles. The summed E-state index contributed by atoms with van der Waals surface area (Å²) in [4.78, 5) is 17.6. The average Bonchev–Trinajstić information content (AvgIpc) is 3.01. The fraction of sp³-hybridized carbons (Fsp3) is 0.864. The van der Waals surface area contributed by atoms with Gasteiger partial charge >= 0.3 is 5.97 Å². The predicted octanol–water partition coefficient (Wildman–Crippen LogP) is 6.34. The number of ether oxygens (including phenoxy) is 1. The van der Waals surface area contributed by atoms with E-state index in [-0.39, 0.29) is 28.8 Å². The van der Waals surface area contributed by atoms with E-state index in [0.29, 0.717) is 37.3 Å². The van der Waals surface area contributed by atoms with Crippen molar-refractivity contribution in [2.24, 2.45) is 44.7 Å². The molecule has 8 heteroatoms. The third-order valence-corrected chi connectivity index (χ3v) is 8.78. The molecule has 3 unspecified atom stereocenters. The van der Waals surface area contributed by atoms with Crippen LogP contribution in [0.25, 0.3) is 20.9 Å². The van der Waals surface area contributed by atoms with Gasteiger partial charge < -0.3 is 4.74 Å². The number of esters is 1. The average molecular weight is 415 g/mol. The van der Waals surface area contributed by atoms with E-state index >= 15 is 0 Å². The highest BCUT2D eigenvalue weighted by Gasteiger charge is 2.56. The molecule has 164 valence electrons. The highest BCUT2D eigenvalue weighted by molar-refractivity contribution is 5.66. The molecule has 0 saturated heterocycles. The van der Waals surface area contributed by atoms with Crippen molar-refractivity contribution < 1.29 is 9.53 Å². The first-order chi connectivity index (χ1) is 14.3. The number of carbonyl (C=O) groups excluding carboxylic acids is 1. The molecule has 0 radical (unpaired) electrons. The number of hydrogen-bond acceptors (Lipinski definition) is 4. The Kier molecular flexibility index (Phi) is 6.68. The lowest BCUT2D eigenvalue weighted by Crippen LogP contribution is -2.52. The van der Waals surface area contributed by atoms with Crippen LogP contribution >= 0.6 is 0 Å². The van der Waals surface area contributed by atoms with E-state index in [4.69, 9.17) is 15.8 Å². The third kappa shape index (κ3) is 4.03. The van der Waals surface area contributed by atoms with Crippen LogP contribution in [0.3, 0.4) is 0 Å². The molecule has 0 heterocycles. The van der Waals surface area contributed by atoms with E-state index < -0.39 is 0 Å². The lowest BCUT2D eigenvalue weighted by atomic mass is 9.49. The highest BCUT2D eigenvalue weighted by atomic mass is 16.5. The topological polar surface area (TPSA) is 124 Å². The van der Waals surface area contributed by atoms with Crippen LogP contribution in [0.1, 0.15) is 65.7 Å². The molecule has 0 bridgehead atoms. The quantitative estimate of drug-likeness (QED) is 0.165. The SMILES string of the molecule is C=C1CC[C@H]2[C@H](CN=[N+]=[N-])[C@@H](C3(C)CCC(OC(C)=O)CC3CN=[N+]=[N-])CC[C@]12C. The van der Waals surface area contributed by atoms with Crippen LogP contribution in [0, 0.1) is 34.5 Å². The Balaban J connectivity index is 1.92. The van der Waals surface area contributed by atoms with Gasteiger partial charge in [-0.3, -0.25) is 4.79 Å². The number of fused-ring (bicyclic) bond motifs is 1. The first-order valence-electron chi connectivity index (χ1n) is 11.1. The zero-order chi connectivity index (χ0) is 21.9. The van der Waals surface area contributed by atoms with Crippen molar-refractivity contribution in [1.29, 1.82) is 0 Å². The molecule has 0 aliphatic heterocycles. The molecule has 3 fully saturated rings. The summed E-state index contributed by atoms with van der Waals surface area (Å²) in [6, 6.07) is 0. The third-order valence-electron chi connectivity index (χ3n) is 8.78. The van der Waals surface area contributed by atoms with Crippen molar-refractivity contribution in [3.8, 4) is 0 Å². The molecular formula is C22H34N6O2. The van der Waals surface area contributed by atoms with Gasteiger partial charge in [0.15, 0.2) is 0 Å². The number of hydrogen-bond donors (Lipinski definition) is 0. The summed E-state index contributed by atoms with van der Waals surface area (Å²) in [5, 5.41) is 7.95. The maximum absolute atomic E-state index is 11.5.